The van der Waals surface area contributed by atoms with Crippen LogP contribution in [0, 0.1) is 0 Å². The lowest BCUT2D eigenvalue weighted by molar-refractivity contribution is -0.118. The van der Waals surface area contributed by atoms with Crippen LogP contribution in [0.1, 0.15) is 12.5 Å². The third-order valence-corrected chi connectivity index (χ3v) is 3.63. The fourth-order valence-corrected chi connectivity index (χ4v) is 2.28. The molecule has 0 fully saturated rings. The Labute approximate surface area is 141 Å². The van der Waals surface area contributed by atoms with Gasteiger partial charge in [0.1, 0.15) is 0 Å². The van der Waals surface area contributed by atoms with Gasteiger partial charge in [-0.1, -0.05) is 48.2 Å². The quantitative estimate of drug-likeness (QED) is 0.405. The average molecular weight is 345 g/mol. The van der Waals surface area contributed by atoms with Crippen LogP contribution in [0.25, 0.3) is 6.08 Å². The number of rotatable bonds is 6. The van der Waals surface area contributed by atoms with Crippen molar-refractivity contribution in [3.63, 3.8) is 0 Å². The molecule has 0 aliphatic carbocycles. The van der Waals surface area contributed by atoms with E-state index in [1.54, 1.807) is 0 Å². The number of hydrazone groups is 1. The predicted molar refractivity (Wildman–Crippen MR) is 92.9 cm³/mol. The van der Waals surface area contributed by atoms with E-state index < -0.39 is 17.2 Å². The highest BCUT2D eigenvalue weighted by atomic mass is 32.2. The van der Waals surface area contributed by atoms with E-state index in [0.29, 0.717) is 0 Å². The van der Waals surface area contributed by atoms with E-state index in [2.05, 4.69) is 20.7 Å². The number of carbonyl (C=O) groups excluding carboxylic acids is 1. The number of aromatic amines is 2. The largest absolute Gasteiger partial charge is 0.342 e. The van der Waals surface area contributed by atoms with Crippen molar-refractivity contribution in [2.24, 2.45) is 5.10 Å². The first-order chi connectivity index (χ1) is 11.5. The number of thioether (sulfide) groups is 1. The van der Waals surface area contributed by atoms with Gasteiger partial charge in [0.15, 0.2) is 5.03 Å². The first-order valence-corrected chi connectivity index (χ1v) is 7.90. The van der Waals surface area contributed by atoms with Crippen molar-refractivity contribution in [1.82, 2.24) is 20.6 Å². The zero-order chi connectivity index (χ0) is 17.4. The summed E-state index contributed by atoms with van der Waals surface area (Å²) in [5.74, 6) is -0.447. The van der Waals surface area contributed by atoms with Crippen LogP contribution in [0.5, 0.6) is 0 Å². The molecule has 9 heteroatoms. The minimum absolute atomic E-state index is 0.00823. The maximum Gasteiger partial charge on any atom is 0.342 e. The number of amides is 1. The van der Waals surface area contributed by atoms with Crippen molar-refractivity contribution >= 4 is 30.0 Å². The minimum atomic E-state index is -0.695. The molecule has 0 unspecified atom stereocenters. The molecule has 2 aromatic rings. The Morgan fingerprint density at radius 1 is 1.33 bits per heavy atom. The molecule has 0 radical (unpaired) electrons. The maximum atomic E-state index is 11.7. The second-order valence-electron chi connectivity index (χ2n) is 4.69. The van der Waals surface area contributed by atoms with E-state index in [4.69, 9.17) is 0 Å². The molecule has 8 nitrogen and oxygen atoms in total. The normalized spacial score (nSPS) is 11.6. The molecule has 24 heavy (non-hydrogen) atoms. The van der Waals surface area contributed by atoms with Gasteiger partial charge in [0.2, 0.25) is 5.91 Å². The number of benzene rings is 1. The number of nitrogens with zero attached hydrogens (tertiary/aromatic N) is 2. The average Bonchev–Trinajstić information content (AvgIpc) is 2.55. The van der Waals surface area contributed by atoms with Crippen LogP contribution >= 0.6 is 11.8 Å². The summed E-state index contributed by atoms with van der Waals surface area (Å²) in [5.41, 5.74) is 2.93. The molecule has 0 aliphatic heterocycles. The Hall–Kier alpha value is -2.94. The summed E-state index contributed by atoms with van der Waals surface area (Å²) in [5, 5.41) is 9.51. The number of hydrogen-bond acceptors (Lipinski definition) is 6. The number of allylic oxidation sites excluding steroid dienone is 1. The molecule has 0 saturated heterocycles. The monoisotopic (exact) mass is 345 g/mol. The number of carbonyl (C=O) groups is 1. The summed E-state index contributed by atoms with van der Waals surface area (Å²) in [6, 6.07) is 9.72. The Kier molecular flexibility index (Phi) is 6.26. The van der Waals surface area contributed by atoms with E-state index in [9.17, 15) is 14.4 Å². The third kappa shape index (κ3) is 5.69. The molecule has 0 bridgehead atoms. The van der Waals surface area contributed by atoms with Gasteiger partial charge in [-0.3, -0.25) is 14.6 Å². The molecule has 0 aliphatic rings. The van der Waals surface area contributed by atoms with E-state index >= 15 is 0 Å². The van der Waals surface area contributed by atoms with Crippen molar-refractivity contribution in [2.75, 3.05) is 5.75 Å². The number of aromatic nitrogens is 3. The fourth-order valence-electron chi connectivity index (χ4n) is 1.66. The van der Waals surface area contributed by atoms with Gasteiger partial charge >= 0.3 is 5.69 Å². The van der Waals surface area contributed by atoms with Gasteiger partial charge in [0.05, 0.1) is 12.0 Å². The highest BCUT2D eigenvalue weighted by Crippen LogP contribution is 2.07. The lowest BCUT2D eigenvalue weighted by Gasteiger charge is -1.99. The SMILES string of the molecule is CC(/C=N/NC(=O)CSc1n[nH]c(=O)[nH]c1=O)=C\c1ccccc1. The Bertz CT molecular complexity index is 870. The van der Waals surface area contributed by atoms with Crippen LogP contribution in [0.2, 0.25) is 0 Å². The van der Waals surface area contributed by atoms with Crippen LogP contribution in [-0.4, -0.2) is 33.1 Å². The Morgan fingerprint density at radius 2 is 2.08 bits per heavy atom. The molecular formula is C15H15N5O3S. The molecule has 1 aromatic carbocycles. The Morgan fingerprint density at radius 3 is 2.79 bits per heavy atom. The lowest BCUT2D eigenvalue weighted by atomic mass is 10.1. The van der Waals surface area contributed by atoms with Gasteiger partial charge in [0, 0.05) is 0 Å². The van der Waals surface area contributed by atoms with Gasteiger partial charge in [-0.25, -0.2) is 15.3 Å². The van der Waals surface area contributed by atoms with Crippen LogP contribution in [0.3, 0.4) is 0 Å². The fraction of sp³-hybridized carbons (Fsp3) is 0.133. The Balaban J connectivity index is 1.83. The highest BCUT2D eigenvalue weighted by molar-refractivity contribution is 7.99. The van der Waals surface area contributed by atoms with Crippen LogP contribution in [0.4, 0.5) is 0 Å². The van der Waals surface area contributed by atoms with Crippen LogP contribution < -0.4 is 16.7 Å². The zero-order valence-corrected chi connectivity index (χ0v) is 13.6. The van der Waals surface area contributed by atoms with E-state index in [1.165, 1.54) is 6.21 Å². The van der Waals surface area contributed by atoms with Crippen molar-refractivity contribution in [3.05, 3.63) is 62.3 Å². The second kappa shape index (κ2) is 8.63. The number of hydrogen-bond donors (Lipinski definition) is 3. The number of H-pyrrole nitrogens is 2. The summed E-state index contributed by atoms with van der Waals surface area (Å²) < 4.78 is 0. The smallest absolute Gasteiger partial charge is 0.272 e. The number of nitrogens with one attached hydrogen (secondary N) is 3. The van der Waals surface area contributed by atoms with Gasteiger partial charge in [-0.15, -0.1) is 0 Å². The van der Waals surface area contributed by atoms with Crippen LogP contribution in [0.15, 0.2) is 55.6 Å². The van der Waals surface area contributed by atoms with Gasteiger partial charge in [-0.2, -0.15) is 10.2 Å². The van der Waals surface area contributed by atoms with E-state index in [0.717, 1.165) is 22.9 Å². The molecule has 1 aromatic heterocycles. The standard InChI is InChI=1S/C15H15N5O3S/c1-10(7-11-5-3-2-4-6-11)8-16-18-12(21)9-24-14-13(22)17-15(23)20-19-14/h2-8H,9H2,1H3,(H,18,21)(H2,17,20,22,23)/b10-7+,16-8+. The van der Waals surface area contributed by atoms with Crippen molar-refractivity contribution in [3.8, 4) is 0 Å². The summed E-state index contributed by atoms with van der Waals surface area (Å²) >= 11 is 0.900. The lowest BCUT2D eigenvalue weighted by Crippen LogP contribution is -2.26. The molecule has 0 spiro atoms. The maximum absolute atomic E-state index is 11.7. The van der Waals surface area contributed by atoms with Crippen molar-refractivity contribution in [2.45, 2.75) is 11.9 Å². The molecule has 1 amide bonds. The third-order valence-electron chi connectivity index (χ3n) is 2.67. The van der Waals surface area contributed by atoms with Crippen LogP contribution in [-0.2, 0) is 4.79 Å². The van der Waals surface area contributed by atoms with Crippen molar-refractivity contribution in [1.29, 1.82) is 0 Å². The van der Waals surface area contributed by atoms with Gasteiger partial charge < -0.3 is 0 Å². The topological polar surface area (TPSA) is 120 Å². The molecule has 0 atom stereocenters. The highest BCUT2D eigenvalue weighted by Gasteiger charge is 2.06. The van der Waals surface area contributed by atoms with Crippen molar-refractivity contribution < 1.29 is 4.79 Å². The first-order valence-electron chi connectivity index (χ1n) is 6.91. The molecular weight excluding hydrogens is 330 g/mol. The second-order valence-corrected chi connectivity index (χ2v) is 5.66. The van der Waals surface area contributed by atoms with Gasteiger partial charge in [-0.05, 0) is 18.1 Å². The van der Waals surface area contributed by atoms with E-state index in [-0.39, 0.29) is 10.8 Å². The minimum Gasteiger partial charge on any atom is -0.272 e. The van der Waals surface area contributed by atoms with E-state index in [1.807, 2.05) is 48.3 Å². The summed E-state index contributed by atoms with van der Waals surface area (Å²) in [6.45, 7) is 1.86. The molecule has 3 N–H and O–H groups in total. The summed E-state index contributed by atoms with van der Waals surface area (Å²) in [4.78, 5) is 35.9. The summed E-state index contributed by atoms with van der Waals surface area (Å²) in [7, 11) is 0. The first kappa shape index (κ1) is 17.4. The molecule has 2 rings (SSSR count). The molecule has 0 saturated carbocycles. The molecule has 124 valence electrons. The molecule has 1 heterocycles. The van der Waals surface area contributed by atoms with Gasteiger partial charge in [0.25, 0.3) is 5.56 Å². The predicted octanol–water partition coefficient (Wildman–Crippen LogP) is 0.756. The summed E-state index contributed by atoms with van der Waals surface area (Å²) in [6.07, 6.45) is 3.45. The zero-order valence-electron chi connectivity index (χ0n) is 12.8.